The second-order valence-electron chi connectivity index (χ2n) is 8.38. The summed E-state index contributed by atoms with van der Waals surface area (Å²) in [6.07, 6.45) is -0.751. The van der Waals surface area contributed by atoms with E-state index >= 15 is 0 Å². The van der Waals surface area contributed by atoms with Crippen molar-refractivity contribution in [2.75, 3.05) is 13.2 Å². The summed E-state index contributed by atoms with van der Waals surface area (Å²) in [7, 11) is 0. The first-order chi connectivity index (χ1) is 16.5. The molecule has 198 valence electrons. The van der Waals surface area contributed by atoms with Crippen LogP contribution in [-0.2, 0) is 12.7 Å². The summed E-state index contributed by atoms with van der Waals surface area (Å²) in [5, 5.41) is 17.2. The molecule has 1 aliphatic rings. The first-order valence-corrected chi connectivity index (χ1v) is 11.6. The lowest BCUT2D eigenvalue weighted by molar-refractivity contribution is -0.146. The van der Waals surface area contributed by atoms with Crippen LogP contribution < -0.4 is 15.4 Å². The predicted molar refractivity (Wildman–Crippen MR) is 136 cm³/mol. The first-order valence-electron chi connectivity index (χ1n) is 11.6. The summed E-state index contributed by atoms with van der Waals surface area (Å²) in [6.45, 7) is 4.00. The van der Waals surface area contributed by atoms with Crippen LogP contribution in [0.5, 0.6) is 5.75 Å². The van der Waals surface area contributed by atoms with Crippen molar-refractivity contribution in [3.63, 3.8) is 0 Å². The smallest absolute Gasteiger partial charge is 0.453 e. The van der Waals surface area contributed by atoms with Crippen molar-refractivity contribution >= 4 is 24.8 Å². The van der Waals surface area contributed by atoms with Crippen molar-refractivity contribution in [3.8, 4) is 11.4 Å². The van der Waals surface area contributed by atoms with Crippen LogP contribution in [0.4, 0.5) is 13.2 Å². The maximum Gasteiger partial charge on any atom is 0.453 e. The number of unbranched alkanes of at least 4 members (excludes halogenated alkanes) is 1. The quantitative estimate of drug-likeness (QED) is 0.355. The van der Waals surface area contributed by atoms with Gasteiger partial charge in [0.2, 0.25) is 0 Å². The third-order valence-electron chi connectivity index (χ3n) is 5.94. The molecule has 3 aromatic rings. The molecule has 2 atom stereocenters. The largest absolute Gasteiger partial charge is 0.493 e. The molecule has 0 unspecified atom stereocenters. The van der Waals surface area contributed by atoms with Gasteiger partial charge in [-0.15, -0.1) is 29.9 Å². The van der Waals surface area contributed by atoms with Crippen molar-refractivity contribution in [1.29, 1.82) is 0 Å². The number of hydrogen-bond acceptors (Lipinski definition) is 6. The average molecular weight is 547 g/mol. The van der Waals surface area contributed by atoms with E-state index in [0.717, 1.165) is 37.8 Å². The summed E-state index contributed by atoms with van der Waals surface area (Å²) in [4.78, 5) is 0. The molecule has 36 heavy (non-hydrogen) atoms. The molecule has 1 aromatic heterocycles. The number of nitrogens with one attached hydrogen (secondary N) is 2. The normalized spacial score (nSPS) is 17.7. The SMILES string of the molecule is CCCCOc1ccc(-n2nnnc2C(F)(F)F)cc1CN[C@H]1CCCN[C@H]1c1ccccc1.Cl.Cl. The van der Waals surface area contributed by atoms with Crippen molar-refractivity contribution < 1.29 is 17.9 Å². The highest BCUT2D eigenvalue weighted by Crippen LogP contribution is 2.30. The molecule has 1 saturated heterocycles. The lowest BCUT2D eigenvalue weighted by atomic mass is 9.92. The van der Waals surface area contributed by atoms with Crippen LogP contribution in [0.25, 0.3) is 5.69 Å². The molecule has 0 radical (unpaired) electrons. The zero-order valence-corrected chi connectivity index (χ0v) is 21.5. The summed E-state index contributed by atoms with van der Waals surface area (Å²) < 4.78 is 46.7. The number of halogens is 5. The number of ether oxygens (including phenoxy) is 1. The van der Waals surface area contributed by atoms with E-state index in [-0.39, 0.29) is 42.6 Å². The topological polar surface area (TPSA) is 76.9 Å². The van der Waals surface area contributed by atoms with Crippen molar-refractivity contribution in [3.05, 3.63) is 65.5 Å². The van der Waals surface area contributed by atoms with Gasteiger partial charge in [-0.05, 0) is 60.0 Å². The van der Waals surface area contributed by atoms with Crippen molar-refractivity contribution in [1.82, 2.24) is 30.8 Å². The fraction of sp³-hybridized carbons (Fsp3) is 0.458. The summed E-state index contributed by atoms with van der Waals surface area (Å²) in [5.41, 5.74) is 2.20. The van der Waals surface area contributed by atoms with Crippen LogP contribution in [0.2, 0.25) is 0 Å². The van der Waals surface area contributed by atoms with Crippen LogP contribution in [0, 0.1) is 0 Å². The predicted octanol–water partition coefficient (Wildman–Crippen LogP) is 5.29. The van der Waals surface area contributed by atoms with Gasteiger partial charge < -0.3 is 15.4 Å². The molecular formula is C24H31Cl2F3N6O. The Balaban J connectivity index is 0.00000228. The van der Waals surface area contributed by atoms with Gasteiger partial charge in [0.1, 0.15) is 5.75 Å². The Hall–Kier alpha value is -2.40. The van der Waals surface area contributed by atoms with Crippen LogP contribution in [0.15, 0.2) is 48.5 Å². The lowest BCUT2D eigenvalue weighted by Gasteiger charge is -2.34. The maximum atomic E-state index is 13.3. The molecule has 1 fully saturated rings. The summed E-state index contributed by atoms with van der Waals surface area (Å²) in [5.74, 6) is -0.516. The van der Waals surface area contributed by atoms with E-state index in [1.807, 2.05) is 18.2 Å². The average Bonchev–Trinajstić information content (AvgIpc) is 3.35. The Bertz CT molecular complexity index is 1070. The standard InChI is InChI=1S/C24H29F3N6O.2ClH/c1-2-3-14-34-21-12-11-19(33-23(24(25,26)27)30-31-32-33)15-18(21)16-29-20-10-7-13-28-22(20)17-8-5-4-6-9-17;;/h4-6,8-9,11-12,15,20,22,28-29H,2-3,7,10,13-14,16H2,1H3;2*1H/t20-,22-;;/m0../s1. The Morgan fingerprint density at radius 2 is 1.92 bits per heavy atom. The highest BCUT2D eigenvalue weighted by Gasteiger charge is 2.38. The molecule has 0 amide bonds. The summed E-state index contributed by atoms with van der Waals surface area (Å²) >= 11 is 0. The zero-order valence-electron chi connectivity index (χ0n) is 19.9. The van der Waals surface area contributed by atoms with E-state index in [4.69, 9.17) is 4.74 Å². The number of nitrogens with zero attached hydrogens (tertiary/aromatic N) is 4. The highest BCUT2D eigenvalue weighted by atomic mass is 35.5. The summed E-state index contributed by atoms with van der Waals surface area (Å²) in [6, 6.07) is 15.5. The Morgan fingerprint density at radius 1 is 1.14 bits per heavy atom. The Kier molecular flexibility index (Phi) is 11.4. The molecule has 12 heteroatoms. The lowest BCUT2D eigenvalue weighted by Crippen LogP contribution is -2.45. The molecule has 2 aromatic carbocycles. The van der Waals surface area contributed by atoms with E-state index in [2.05, 4.69) is 45.2 Å². The number of alkyl halides is 3. The Morgan fingerprint density at radius 3 is 2.64 bits per heavy atom. The van der Waals surface area contributed by atoms with Crippen LogP contribution in [0.3, 0.4) is 0 Å². The number of piperidine rings is 1. The molecule has 0 spiro atoms. The minimum absolute atomic E-state index is 0. The fourth-order valence-corrected chi connectivity index (χ4v) is 4.20. The maximum absolute atomic E-state index is 13.3. The van der Waals surface area contributed by atoms with Crippen LogP contribution in [-0.4, -0.2) is 39.4 Å². The number of aromatic nitrogens is 4. The van der Waals surface area contributed by atoms with E-state index in [1.54, 1.807) is 18.2 Å². The second-order valence-corrected chi connectivity index (χ2v) is 8.38. The molecule has 4 rings (SSSR count). The minimum Gasteiger partial charge on any atom is -0.493 e. The van der Waals surface area contributed by atoms with Crippen molar-refractivity contribution in [2.24, 2.45) is 0 Å². The van der Waals surface area contributed by atoms with E-state index < -0.39 is 12.0 Å². The van der Waals surface area contributed by atoms with Gasteiger partial charge in [-0.2, -0.15) is 17.9 Å². The number of hydrogen-bond donors (Lipinski definition) is 2. The van der Waals surface area contributed by atoms with Gasteiger partial charge in [0, 0.05) is 24.2 Å². The Labute approximate surface area is 221 Å². The molecular weight excluding hydrogens is 516 g/mol. The van der Waals surface area contributed by atoms with Crippen LogP contribution in [0.1, 0.15) is 55.6 Å². The number of rotatable bonds is 9. The monoisotopic (exact) mass is 546 g/mol. The number of tetrazole rings is 1. The third-order valence-corrected chi connectivity index (χ3v) is 5.94. The van der Waals surface area contributed by atoms with E-state index in [9.17, 15) is 13.2 Å². The van der Waals surface area contributed by atoms with Gasteiger partial charge in [0.05, 0.1) is 12.3 Å². The second kappa shape index (κ2) is 13.8. The van der Waals surface area contributed by atoms with Gasteiger partial charge in [-0.3, -0.25) is 0 Å². The van der Waals surface area contributed by atoms with E-state index in [1.165, 1.54) is 5.56 Å². The van der Waals surface area contributed by atoms with Gasteiger partial charge in [-0.25, -0.2) is 0 Å². The molecule has 0 bridgehead atoms. The molecule has 7 nitrogen and oxygen atoms in total. The highest BCUT2D eigenvalue weighted by molar-refractivity contribution is 5.85. The van der Waals surface area contributed by atoms with E-state index in [0.29, 0.717) is 23.6 Å². The van der Waals surface area contributed by atoms with Gasteiger partial charge >= 0.3 is 6.18 Å². The minimum atomic E-state index is -4.66. The number of benzene rings is 2. The molecule has 2 N–H and O–H groups in total. The molecule has 0 aliphatic carbocycles. The van der Waals surface area contributed by atoms with Gasteiger partial charge in [0.15, 0.2) is 0 Å². The van der Waals surface area contributed by atoms with Gasteiger partial charge in [0.25, 0.3) is 5.82 Å². The molecule has 1 aliphatic heterocycles. The van der Waals surface area contributed by atoms with Crippen molar-refractivity contribution in [2.45, 2.75) is 57.4 Å². The third kappa shape index (κ3) is 7.32. The fourth-order valence-electron chi connectivity index (χ4n) is 4.20. The molecule has 0 saturated carbocycles. The van der Waals surface area contributed by atoms with Crippen LogP contribution >= 0.6 is 24.8 Å². The first kappa shape index (κ1) is 29.8. The van der Waals surface area contributed by atoms with Gasteiger partial charge in [-0.1, -0.05) is 43.7 Å². The molecule has 2 heterocycles. The zero-order chi connectivity index (χ0) is 24.0.